The monoisotopic (exact) mass is 642 g/mol. The van der Waals surface area contributed by atoms with Crippen molar-refractivity contribution < 1.29 is 37.0 Å². The molecule has 1 aliphatic rings. The molecule has 2 aromatic heterocycles. The third-order valence-corrected chi connectivity index (χ3v) is 7.52. The summed E-state index contributed by atoms with van der Waals surface area (Å²) >= 11 is 1.26. The highest BCUT2D eigenvalue weighted by molar-refractivity contribution is 7.22. The lowest BCUT2D eigenvalue weighted by Gasteiger charge is -2.28. The van der Waals surface area contributed by atoms with Crippen molar-refractivity contribution in [3.8, 4) is 22.9 Å². The minimum Gasteiger partial charge on any atom is -0.444 e. The Morgan fingerprint density at radius 2 is 1.82 bits per heavy atom. The quantitative estimate of drug-likeness (QED) is 0.233. The van der Waals surface area contributed by atoms with Crippen LogP contribution in [-0.2, 0) is 20.5 Å². The van der Waals surface area contributed by atoms with Crippen molar-refractivity contribution in [3.05, 3.63) is 54.4 Å². The Morgan fingerprint density at radius 3 is 2.53 bits per heavy atom. The second kappa shape index (κ2) is 12.3. The van der Waals surface area contributed by atoms with Crippen LogP contribution in [-0.4, -0.2) is 55.9 Å². The van der Waals surface area contributed by atoms with Gasteiger partial charge in [0, 0.05) is 25.1 Å². The second-order valence-corrected chi connectivity index (χ2v) is 12.3. The van der Waals surface area contributed by atoms with E-state index in [9.17, 15) is 27.6 Å². The van der Waals surface area contributed by atoms with E-state index in [1.807, 2.05) is 6.07 Å². The highest BCUT2D eigenvalue weighted by atomic mass is 32.1. The van der Waals surface area contributed by atoms with Gasteiger partial charge >= 0.3 is 12.3 Å². The fraction of sp³-hybridized carbons (Fsp3) is 0.333. The number of nitrogens with one attached hydrogen (secondary N) is 2. The molecule has 0 unspecified atom stereocenters. The summed E-state index contributed by atoms with van der Waals surface area (Å²) < 4.78 is 53.3. The summed E-state index contributed by atoms with van der Waals surface area (Å²) in [5.74, 6) is -0.545. The lowest BCUT2D eigenvalue weighted by molar-refractivity contribution is -0.137. The summed E-state index contributed by atoms with van der Waals surface area (Å²) in [4.78, 5) is 51.7. The van der Waals surface area contributed by atoms with Crippen LogP contribution >= 0.6 is 11.3 Å². The first-order valence-electron chi connectivity index (χ1n) is 13.9. The Morgan fingerprint density at radius 1 is 1.04 bits per heavy atom. The molecular weight excluding hydrogens is 613 g/mol. The number of benzene rings is 2. The SMILES string of the molecule is CC(=O)Nc1nc2c(Oc3cc(-c4ccc(C(F)(F)F)cc4NC(=O)[C@@H]4CCCN4C(=O)OC(C)(C)C)ncn3)cccc2s1. The first-order chi connectivity index (χ1) is 21.2. The van der Waals surface area contributed by atoms with Crippen molar-refractivity contribution in [2.75, 3.05) is 17.2 Å². The standard InChI is InChI=1S/C30H29F3N6O5S/c1-16(40)36-27-38-25-22(8-5-9-23(25)45-27)43-24-14-19(34-15-35-24)18-11-10-17(30(31,32)33)13-20(18)37-26(41)21-7-6-12-39(21)28(42)44-29(2,3)4/h5,8-11,13-15,21H,6-7,12H2,1-4H3,(H,37,41)(H,36,38,40)/t21-/m0/s1. The number of nitrogens with zero attached hydrogens (tertiary/aromatic N) is 4. The molecule has 236 valence electrons. The summed E-state index contributed by atoms with van der Waals surface area (Å²) in [6.07, 6.45) is -3.34. The smallest absolute Gasteiger partial charge is 0.416 e. The van der Waals surface area contributed by atoms with E-state index in [4.69, 9.17) is 9.47 Å². The molecule has 3 heterocycles. The van der Waals surface area contributed by atoms with Crippen LogP contribution in [0, 0.1) is 0 Å². The van der Waals surface area contributed by atoms with Crippen molar-refractivity contribution >= 4 is 50.3 Å². The predicted octanol–water partition coefficient (Wildman–Crippen LogP) is 6.86. The number of thiazole rings is 1. The molecule has 11 nitrogen and oxygen atoms in total. The van der Waals surface area contributed by atoms with Crippen LogP contribution in [0.1, 0.15) is 46.1 Å². The maximum absolute atomic E-state index is 13.7. The van der Waals surface area contributed by atoms with E-state index in [1.165, 1.54) is 41.6 Å². The highest BCUT2D eigenvalue weighted by Crippen LogP contribution is 2.38. The van der Waals surface area contributed by atoms with Crippen LogP contribution < -0.4 is 15.4 Å². The summed E-state index contributed by atoms with van der Waals surface area (Å²) in [6.45, 7) is 6.74. The molecule has 1 aliphatic heterocycles. The van der Waals surface area contributed by atoms with Gasteiger partial charge in [-0.05, 0) is 57.9 Å². The van der Waals surface area contributed by atoms with E-state index in [1.54, 1.807) is 32.9 Å². The Kier molecular flexibility index (Phi) is 8.65. The molecule has 2 aromatic carbocycles. The zero-order valence-electron chi connectivity index (χ0n) is 24.7. The van der Waals surface area contributed by atoms with Crippen LogP contribution in [0.3, 0.4) is 0 Å². The summed E-state index contributed by atoms with van der Waals surface area (Å²) in [5.41, 5.74) is -1.11. The number of para-hydroxylation sites is 1. The average Bonchev–Trinajstić information content (AvgIpc) is 3.59. The fourth-order valence-corrected chi connectivity index (χ4v) is 5.64. The lowest BCUT2D eigenvalue weighted by Crippen LogP contribution is -2.45. The van der Waals surface area contributed by atoms with Gasteiger partial charge in [0.15, 0.2) is 10.9 Å². The lowest BCUT2D eigenvalue weighted by atomic mass is 10.0. The number of carbonyl (C=O) groups excluding carboxylic acids is 3. The van der Waals surface area contributed by atoms with Gasteiger partial charge in [0.1, 0.15) is 23.5 Å². The molecule has 0 spiro atoms. The zero-order chi connectivity index (χ0) is 32.5. The number of amides is 3. The van der Waals surface area contributed by atoms with Gasteiger partial charge in [-0.1, -0.05) is 23.5 Å². The number of rotatable bonds is 6. The first-order valence-corrected chi connectivity index (χ1v) is 14.7. The van der Waals surface area contributed by atoms with Crippen molar-refractivity contribution in [2.24, 2.45) is 0 Å². The van der Waals surface area contributed by atoms with Gasteiger partial charge in [0.25, 0.3) is 0 Å². The summed E-state index contributed by atoms with van der Waals surface area (Å²) in [6, 6.07) is 8.59. The van der Waals surface area contributed by atoms with Gasteiger partial charge in [0.2, 0.25) is 17.7 Å². The van der Waals surface area contributed by atoms with Crippen LogP contribution in [0.4, 0.5) is 28.8 Å². The van der Waals surface area contributed by atoms with E-state index in [2.05, 4.69) is 25.6 Å². The van der Waals surface area contributed by atoms with E-state index >= 15 is 0 Å². The number of ether oxygens (including phenoxy) is 2. The van der Waals surface area contributed by atoms with Crippen molar-refractivity contribution in [3.63, 3.8) is 0 Å². The molecule has 1 saturated heterocycles. The topological polar surface area (TPSA) is 136 Å². The number of likely N-dealkylation sites (tertiary alicyclic amines) is 1. The average molecular weight is 643 g/mol. The Hall–Kier alpha value is -4.79. The maximum atomic E-state index is 13.7. The highest BCUT2D eigenvalue weighted by Gasteiger charge is 2.37. The van der Waals surface area contributed by atoms with Gasteiger partial charge in [-0.15, -0.1) is 0 Å². The predicted molar refractivity (Wildman–Crippen MR) is 161 cm³/mol. The first kappa shape index (κ1) is 31.6. The van der Waals surface area contributed by atoms with E-state index in [0.717, 1.165) is 16.8 Å². The molecule has 3 amide bonds. The minimum absolute atomic E-state index is 0.0608. The number of aromatic nitrogens is 3. The fourth-order valence-electron chi connectivity index (χ4n) is 4.71. The molecular formula is C30H29F3N6O5S. The van der Waals surface area contributed by atoms with Crippen molar-refractivity contribution in [1.82, 2.24) is 19.9 Å². The van der Waals surface area contributed by atoms with Gasteiger partial charge < -0.3 is 20.1 Å². The number of carbonyl (C=O) groups is 3. The Labute approximate surface area is 259 Å². The molecule has 2 N–H and O–H groups in total. The van der Waals surface area contributed by atoms with Crippen LogP contribution in [0.5, 0.6) is 11.6 Å². The normalized spacial score (nSPS) is 15.2. The summed E-state index contributed by atoms with van der Waals surface area (Å²) in [5, 5.41) is 5.61. The van der Waals surface area contributed by atoms with Crippen LogP contribution in [0.2, 0.25) is 0 Å². The third-order valence-electron chi connectivity index (χ3n) is 6.59. The van der Waals surface area contributed by atoms with Gasteiger partial charge in [-0.2, -0.15) is 13.2 Å². The van der Waals surface area contributed by atoms with E-state index in [-0.39, 0.29) is 35.3 Å². The molecule has 1 atom stereocenters. The zero-order valence-corrected chi connectivity index (χ0v) is 25.5. The number of anilines is 2. The molecule has 0 saturated carbocycles. The molecule has 45 heavy (non-hydrogen) atoms. The van der Waals surface area contributed by atoms with E-state index in [0.29, 0.717) is 29.2 Å². The van der Waals surface area contributed by atoms with Gasteiger partial charge in [-0.25, -0.2) is 19.7 Å². The molecule has 4 aromatic rings. The van der Waals surface area contributed by atoms with Crippen LogP contribution in [0.15, 0.2) is 48.8 Å². The summed E-state index contributed by atoms with van der Waals surface area (Å²) in [7, 11) is 0. The largest absolute Gasteiger partial charge is 0.444 e. The molecule has 0 bridgehead atoms. The van der Waals surface area contributed by atoms with Gasteiger partial charge in [0.05, 0.1) is 21.6 Å². The molecule has 5 rings (SSSR count). The second-order valence-electron chi connectivity index (χ2n) is 11.2. The number of fused-ring (bicyclic) bond motifs is 1. The number of alkyl halides is 3. The van der Waals surface area contributed by atoms with E-state index < -0.39 is 35.4 Å². The number of hydrogen-bond acceptors (Lipinski definition) is 9. The number of halogens is 3. The Balaban J connectivity index is 1.45. The molecule has 0 radical (unpaired) electrons. The van der Waals surface area contributed by atoms with Crippen LogP contribution in [0.25, 0.3) is 21.5 Å². The molecule has 1 fully saturated rings. The maximum Gasteiger partial charge on any atom is 0.416 e. The minimum atomic E-state index is -4.68. The van der Waals surface area contributed by atoms with Crippen molar-refractivity contribution in [2.45, 2.75) is 58.4 Å². The number of hydrogen-bond donors (Lipinski definition) is 2. The molecule has 15 heteroatoms. The third kappa shape index (κ3) is 7.48. The molecule has 0 aliphatic carbocycles. The Bertz CT molecular complexity index is 1770. The van der Waals surface area contributed by atoms with Crippen molar-refractivity contribution in [1.29, 1.82) is 0 Å². The van der Waals surface area contributed by atoms with Gasteiger partial charge in [-0.3, -0.25) is 14.5 Å².